The normalized spacial score (nSPS) is 10.7. The highest BCUT2D eigenvalue weighted by molar-refractivity contribution is 4.97. The van der Waals surface area contributed by atoms with E-state index in [0.29, 0.717) is 0 Å². The molecular weight excluding hydrogens is 326 g/mol. The first-order chi connectivity index (χ1) is 13.1. The Hall–Kier alpha value is -0.980. The number of hydrogen-bond donors (Lipinski definition) is 0. The molecule has 0 bridgehead atoms. The first-order valence-corrected chi connectivity index (χ1v) is 11.8. The maximum atomic E-state index is 4.28. The third kappa shape index (κ3) is 18.2. The zero-order valence-electron chi connectivity index (χ0n) is 18.9. The zero-order chi connectivity index (χ0) is 20.2. The molecule has 0 heterocycles. The summed E-state index contributed by atoms with van der Waals surface area (Å²) >= 11 is 0. The molecule has 0 aromatic heterocycles. The molecule has 0 aliphatic carbocycles. The second-order valence-corrected chi connectivity index (χ2v) is 8.29. The Morgan fingerprint density at radius 3 is 1.63 bits per heavy atom. The van der Waals surface area contributed by atoms with Crippen molar-refractivity contribution in [2.24, 2.45) is 0 Å². The molecule has 27 heavy (non-hydrogen) atoms. The number of nitrogens with zero attached hydrogens (tertiary/aromatic N) is 1. The van der Waals surface area contributed by atoms with Gasteiger partial charge in [-0.2, -0.15) is 0 Å². The van der Waals surface area contributed by atoms with E-state index in [2.05, 4.69) is 38.5 Å². The van der Waals surface area contributed by atoms with Crippen molar-refractivity contribution in [3.8, 4) is 0 Å². The summed E-state index contributed by atoms with van der Waals surface area (Å²) in [4.78, 5) is 2.36. The fraction of sp³-hybridized carbons (Fsp3) is 0.769. The van der Waals surface area contributed by atoms with Gasteiger partial charge in [0.15, 0.2) is 0 Å². The van der Waals surface area contributed by atoms with Crippen molar-refractivity contribution in [2.75, 3.05) is 13.1 Å². The van der Waals surface area contributed by atoms with Crippen molar-refractivity contribution >= 4 is 0 Å². The molecule has 0 saturated heterocycles. The predicted octanol–water partition coefficient (Wildman–Crippen LogP) is 8.83. The third-order valence-corrected chi connectivity index (χ3v) is 5.51. The standard InChI is InChI=1S/C26H49N/c1-6-8-10-11-12-13-14-15-16-17-18-19-20-21-26(5)22-24-27(25(3)4)23-9-7-2/h7H,2-3,5-6,8-24H2,1,4H3. The number of unbranched alkanes of at least 4 members (excludes halogenated alkanes) is 12. The molecule has 0 fully saturated rings. The van der Waals surface area contributed by atoms with Gasteiger partial charge in [0, 0.05) is 18.8 Å². The van der Waals surface area contributed by atoms with E-state index in [4.69, 9.17) is 0 Å². The Labute approximate surface area is 172 Å². The van der Waals surface area contributed by atoms with Crippen molar-refractivity contribution in [1.29, 1.82) is 0 Å². The Bertz CT molecular complexity index is 368. The van der Waals surface area contributed by atoms with Gasteiger partial charge in [-0.05, 0) is 32.6 Å². The van der Waals surface area contributed by atoms with Crippen LogP contribution in [0.2, 0.25) is 0 Å². The van der Waals surface area contributed by atoms with Crippen molar-refractivity contribution < 1.29 is 0 Å². The van der Waals surface area contributed by atoms with Gasteiger partial charge in [0.2, 0.25) is 0 Å². The highest BCUT2D eigenvalue weighted by atomic mass is 15.1. The van der Waals surface area contributed by atoms with Gasteiger partial charge in [-0.3, -0.25) is 0 Å². The van der Waals surface area contributed by atoms with Crippen molar-refractivity contribution in [2.45, 2.75) is 117 Å². The van der Waals surface area contributed by atoms with E-state index in [1.807, 2.05) is 6.08 Å². The summed E-state index contributed by atoms with van der Waals surface area (Å²) in [5, 5.41) is 0. The first-order valence-electron chi connectivity index (χ1n) is 11.8. The Balaban J connectivity index is 3.42. The highest BCUT2D eigenvalue weighted by Gasteiger charge is 2.04. The van der Waals surface area contributed by atoms with E-state index in [1.165, 1.54) is 95.5 Å². The lowest BCUT2D eigenvalue weighted by molar-refractivity contribution is 0.355. The van der Waals surface area contributed by atoms with Crippen LogP contribution in [0.15, 0.2) is 37.1 Å². The van der Waals surface area contributed by atoms with E-state index in [1.54, 1.807) is 0 Å². The molecule has 0 atom stereocenters. The lowest BCUT2D eigenvalue weighted by Gasteiger charge is -2.24. The molecular formula is C26H49N. The van der Waals surface area contributed by atoms with Gasteiger partial charge in [0.1, 0.15) is 0 Å². The van der Waals surface area contributed by atoms with Gasteiger partial charge in [0.05, 0.1) is 0 Å². The minimum Gasteiger partial charge on any atom is -0.375 e. The average molecular weight is 376 g/mol. The average Bonchev–Trinajstić information content (AvgIpc) is 2.65. The van der Waals surface area contributed by atoms with Gasteiger partial charge in [-0.15, -0.1) is 6.58 Å². The van der Waals surface area contributed by atoms with Crippen molar-refractivity contribution in [3.63, 3.8) is 0 Å². The molecule has 0 unspecified atom stereocenters. The van der Waals surface area contributed by atoms with Crippen LogP contribution in [0, 0.1) is 0 Å². The number of rotatable bonds is 21. The highest BCUT2D eigenvalue weighted by Crippen LogP contribution is 2.16. The van der Waals surface area contributed by atoms with Crippen LogP contribution < -0.4 is 0 Å². The van der Waals surface area contributed by atoms with Crippen LogP contribution in [-0.4, -0.2) is 18.0 Å². The minimum atomic E-state index is 1.03. The Morgan fingerprint density at radius 2 is 1.19 bits per heavy atom. The third-order valence-electron chi connectivity index (χ3n) is 5.51. The van der Waals surface area contributed by atoms with E-state index in [-0.39, 0.29) is 0 Å². The molecule has 0 radical (unpaired) electrons. The Kier molecular flexibility index (Phi) is 19.1. The van der Waals surface area contributed by atoms with E-state index in [9.17, 15) is 0 Å². The maximum Gasteiger partial charge on any atom is 0.0211 e. The molecule has 1 heteroatoms. The van der Waals surface area contributed by atoms with Crippen LogP contribution in [0.5, 0.6) is 0 Å². The molecule has 0 N–H and O–H groups in total. The predicted molar refractivity (Wildman–Crippen MR) is 125 cm³/mol. The molecule has 0 saturated carbocycles. The van der Waals surface area contributed by atoms with Crippen LogP contribution in [-0.2, 0) is 0 Å². The second kappa shape index (κ2) is 19.8. The molecule has 158 valence electrons. The first kappa shape index (κ1) is 26.0. The molecule has 0 aliphatic heterocycles. The molecule has 1 nitrogen and oxygen atoms in total. The quantitative estimate of drug-likeness (QED) is 0.143. The van der Waals surface area contributed by atoms with E-state index < -0.39 is 0 Å². The summed E-state index contributed by atoms with van der Waals surface area (Å²) < 4.78 is 0. The van der Waals surface area contributed by atoms with Gasteiger partial charge >= 0.3 is 0 Å². The SMILES string of the molecule is C=CCCN(CCC(=C)CCCCCCCCCCCCCCC)C(=C)C. The van der Waals surface area contributed by atoms with Crippen LogP contribution in [0.3, 0.4) is 0 Å². The topological polar surface area (TPSA) is 3.24 Å². The summed E-state index contributed by atoms with van der Waals surface area (Å²) in [6.07, 6.45) is 23.8. The van der Waals surface area contributed by atoms with Crippen LogP contribution >= 0.6 is 0 Å². The Morgan fingerprint density at radius 1 is 0.704 bits per heavy atom. The smallest absolute Gasteiger partial charge is 0.0211 e. The summed E-state index contributed by atoms with van der Waals surface area (Å²) in [6, 6.07) is 0. The largest absolute Gasteiger partial charge is 0.375 e. The van der Waals surface area contributed by atoms with Crippen LogP contribution in [0.4, 0.5) is 0 Å². The van der Waals surface area contributed by atoms with Gasteiger partial charge in [-0.1, -0.05) is 109 Å². The van der Waals surface area contributed by atoms with Gasteiger partial charge < -0.3 is 4.90 Å². The van der Waals surface area contributed by atoms with Crippen LogP contribution in [0.25, 0.3) is 0 Å². The van der Waals surface area contributed by atoms with Crippen molar-refractivity contribution in [1.82, 2.24) is 4.90 Å². The molecule has 0 aromatic rings. The summed E-state index contributed by atoms with van der Waals surface area (Å²) in [5.41, 5.74) is 2.56. The second-order valence-electron chi connectivity index (χ2n) is 8.29. The number of allylic oxidation sites excluding steroid dienone is 1. The fourth-order valence-electron chi connectivity index (χ4n) is 3.55. The lowest BCUT2D eigenvalue weighted by Crippen LogP contribution is -2.23. The lowest BCUT2D eigenvalue weighted by atomic mass is 10.0. The summed E-state index contributed by atoms with van der Waals surface area (Å²) in [6.45, 7) is 18.7. The fourth-order valence-corrected chi connectivity index (χ4v) is 3.55. The van der Waals surface area contributed by atoms with E-state index in [0.717, 1.165) is 31.6 Å². The monoisotopic (exact) mass is 375 g/mol. The molecule has 0 aliphatic rings. The molecule has 0 aromatic carbocycles. The summed E-state index contributed by atoms with van der Waals surface area (Å²) in [5.74, 6) is 0. The van der Waals surface area contributed by atoms with E-state index >= 15 is 0 Å². The number of hydrogen-bond acceptors (Lipinski definition) is 1. The van der Waals surface area contributed by atoms with Gasteiger partial charge in [-0.25, -0.2) is 0 Å². The van der Waals surface area contributed by atoms with Gasteiger partial charge in [0.25, 0.3) is 0 Å². The zero-order valence-corrected chi connectivity index (χ0v) is 18.9. The maximum absolute atomic E-state index is 4.28. The molecule has 0 rings (SSSR count). The van der Waals surface area contributed by atoms with Crippen molar-refractivity contribution in [3.05, 3.63) is 37.1 Å². The molecule has 0 spiro atoms. The summed E-state index contributed by atoms with van der Waals surface area (Å²) in [7, 11) is 0. The molecule has 0 amide bonds. The van der Waals surface area contributed by atoms with Crippen LogP contribution in [0.1, 0.15) is 117 Å². The minimum absolute atomic E-state index is 1.03.